The van der Waals surface area contributed by atoms with E-state index in [0.29, 0.717) is 44.5 Å². The molecule has 0 N–H and O–H groups in total. The average molecular weight is 624 g/mol. The van der Waals surface area contributed by atoms with Gasteiger partial charge in [-0.3, -0.25) is 19.9 Å². The maximum atomic E-state index is 5.11. The molecule has 0 atom stereocenters. The summed E-state index contributed by atoms with van der Waals surface area (Å²) >= 11 is 10.2. The Balaban J connectivity index is 0.000000280. The molecule has 0 unspecified atom stereocenters. The molecule has 0 bridgehead atoms. The van der Waals surface area contributed by atoms with Crippen molar-refractivity contribution < 1.29 is 17.1 Å². The van der Waals surface area contributed by atoms with E-state index in [4.69, 9.17) is 25.3 Å². The molecule has 0 amide bonds. The number of nitrogens with zero attached hydrogens (tertiary/aromatic N) is 10. The van der Waals surface area contributed by atoms with Crippen LogP contribution in [0.3, 0.4) is 0 Å². The Labute approximate surface area is 261 Å². The average Bonchev–Trinajstić information content (AvgIpc) is 2.99. The molecule has 13 heteroatoms. The molecule has 0 spiro atoms. The SMILES string of the molecule is CN(C)/C([S-])=N/N=C(c1ccccn1)c1ccccn1.CN(C)/C([S-])=N\N=C(c1ccccn1)c1ccccn1.[Mn+2]. The van der Waals surface area contributed by atoms with Gasteiger partial charge in [-0.2, -0.15) is 10.2 Å². The van der Waals surface area contributed by atoms with Crippen molar-refractivity contribution in [2.45, 2.75) is 0 Å². The zero-order valence-electron chi connectivity index (χ0n) is 22.9. The van der Waals surface area contributed by atoms with Crippen LogP contribution in [-0.2, 0) is 42.3 Å². The fourth-order valence-corrected chi connectivity index (χ4v) is 2.92. The minimum Gasteiger partial charge on any atom is -0.741 e. The molecule has 0 saturated carbocycles. The first-order chi connectivity index (χ1) is 19.4. The maximum absolute atomic E-state index is 5.11. The van der Waals surface area contributed by atoms with Crippen molar-refractivity contribution in [3.05, 3.63) is 120 Å². The first kappa shape index (κ1) is 33.0. The summed E-state index contributed by atoms with van der Waals surface area (Å²) in [5.41, 5.74) is 4.01. The van der Waals surface area contributed by atoms with Crippen molar-refractivity contribution in [2.75, 3.05) is 28.2 Å². The summed E-state index contributed by atoms with van der Waals surface area (Å²) in [6.07, 6.45) is 6.83. The van der Waals surface area contributed by atoms with Crippen LogP contribution in [0.15, 0.2) is 118 Å². The summed E-state index contributed by atoms with van der Waals surface area (Å²) in [5.74, 6) is 0. The first-order valence-electron chi connectivity index (χ1n) is 12.0. The molecule has 4 rings (SSSR count). The Kier molecular flexibility index (Phi) is 14.1. The molecule has 4 heterocycles. The van der Waals surface area contributed by atoms with Crippen LogP contribution in [-0.4, -0.2) is 79.7 Å². The first-order valence-corrected chi connectivity index (χ1v) is 12.8. The summed E-state index contributed by atoms with van der Waals surface area (Å²) in [7, 11) is 7.29. The topological polar surface area (TPSA) is 107 Å². The number of aromatic nitrogens is 4. The van der Waals surface area contributed by atoms with Gasteiger partial charge in [-0.25, -0.2) is 0 Å². The van der Waals surface area contributed by atoms with Crippen LogP contribution >= 0.6 is 0 Å². The number of rotatable bonds is 6. The van der Waals surface area contributed by atoms with E-state index in [9.17, 15) is 0 Å². The second-order valence-electron chi connectivity index (χ2n) is 8.31. The van der Waals surface area contributed by atoms with Crippen LogP contribution in [0.5, 0.6) is 0 Å². The van der Waals surface area contributed by atoms with E-state index in [2.05, 4.69) is 40.3 Å². The minimum atomic E-state index is 0. The van der Waals surface area contributed by atoms with Crippen molar-refractivity contribution in [3.63, 3.8) is 0 Å². The van der Waals surface area contributed by atoms with Gasteiger partial charge in [-0.1, -0.05) is 24.3 Å². The zero-order chi connectivity index (χ0) is 28.7. The smallest absolute Gasteiger partial charge is 0.741 e. The van der Waals surface area contributed by atoms with Crippen molar-refractivity contribution in [1.82, 2.24) is 29.7 Å². The predicted octanol–water partition coefficient (Wildman–Crippen LogP) is 3.38. The largest absolute Gasteiger partial charge is 2.00 e. The number of amidine groups is 2. The molecule has 0 aliphatic rings. The molecule has 4 aromatic heterocycles. The van der Waals surface area contributed by atoms with E-state index in [0.717, 1.165) is 0 Å². The Morgan fingerprint density at radius 1 is 0.488 bits per heavy atom. The Morgan fingerprint density at radius 3 is 0.951 bits per heavy atom. The van der Waals surface area contributed by atoms with Gasteiger partial charge in [0.05, 0.1) is 22.8 Å². The molecule has 41 heavy (non-hydrogen) atoms. The van der Waals surface area contributed by atoms with Gasteiger partial charge in [0.15, 0.2) is 0 Å². The van der Waals surface area contributed by atoms with E-state index in [1.165, 1.54) is 0 Å². The second kappa shape index (κ2) is 17.5. The third-order valence-electron chi connectivity index (χ3n) is 4.87. The maximum Gasteiger partial charge on any atom is 2.00 e. The fraction of sp³-hybridized carbons (Fsp3) is 0.143. The monoisotopic (exact) mass is 623 g/mol. The van der Waals surface area contributed by atoms with Crippen molar-refractivity contribution in [2.24, 2.45) is 20.4 Å². The molecule has 209 valence electrons. The Bertz CT molecular complexity index is 1250. The van der Waals surface area contributed by atoms with Crippen LogP contribution in [0, 0.1) is 0 Å². The van der Waals surface area contributed by atoms with E-state index >= 15 is 0 Å². The van der Waals surface area contributed by atoms with Crippen LogP contribution in [0.4, 0.5) is 0 Å². The van der Waals surface area contributed by atoms with Gasteiger partial charge < -0.3 is 35.1 Å². The van der Waals surface area contributed by atoms with Crippen LogP contribution < -0.4 is 0 Å². The number of pyridine rings is 4. The normalized spacial score (nSPS) is 10.7. The minimum absolute atomic E-state index is 0. The van der Waals surface area contributed by atoms with Gasteiger partial charge in [0, 0.05) is 63.3 Å². The van der Waals surface area contributed by atoms with Gasteiger partial charge in [0.1, 0.15) is 11.4 Å². The van der Waals surface area contributed by atoms with E-state index in [1.807, 2.05) is 101 Å². The van der Waals surface area contributed by atoms with E-state index in [-0.39, 0.29) is 17.1 Å². The quantitative estimate of drug-likeness (QED) is 0.106. The molecule has 0 aliphatic heterocycles. The number of hydrogen-bond donors (Lipinski definition) is 0. The summed E-state index contributed by atoms with van der Waals surface area (Å²) < 4.78 is 0. The zero-order valence-corrected chi connectivity index (χ0v) is 25.7. The molecule has 10 nitrogen and oxygen atoms in total. The summed E-state index contributed by atoms with van der Waals surface area (Å²) in [4.78, 5) is 20.6. The van der Waals surface area contributed by atoms with Gasteiger partial charge in [0.2, 0.25) is 0 Å². The van der Waals surface area contributed by atoms with Crippen molar-refractivity contribution in [1.29, 1.82) is 0 Å². The third-order valence-corrected chi connectivity index (χ3v) is 5.76. The molecular formula is C28H28MnN10S2. The molecular weight excluding hydrogens is 595 g/mol. The van der Waals surface area contributed by atoms with Gasteiger partial charge in [0.25, 0.3) is 0 Å². The number of hydrogen-bond acceptors (Lipinski definition) is 10. The van der Waals surface area contributed by atoms with Crippen molar-refractivity contribution in [3.8, 4) is 0 Å². The summed E-state index contributed by atoms with van der Waals surface area (Å²) in [6, 6.07) is 22.4. The van der Waals surface area contributed by atoms with Crippen LogP contribution in [0.2, 0.25) is 0 Å². The van der Waals surface area contributed by atoms with Gasteiger partial charge >= 0.3 is 17.1 Å². The van der Waals surface area contributed by atoms with Gasteiger partial charge in [-0.05, 0) is 48.5 Å². The van der Waals surface area contributed by atoms with E-state index < -0.39 is 0 Å². The Hall–Kier alpha value is -4.16. The molecule has 0 fully saturated rings. The standard InChI is InChI=1S/2C14H15N5S.Mn/c2*1-19(2)14(20)18-17-13(11-7-3-5-9-15-11)12-8-4-6-10-16-12;/h2*3-10H,1-2H3,(H,18,20);/q;;+2/p-2. The molecule has 4 aromatic rings. The molecule has 0 aliphatic carbocycles. The summed E-state index contributed by atoms with van der Waals surface area (Å²) in [6.45, 7) is 0. The summed E-state index contributed by atoms with van der Waals surface area (Å²) in [5, 5.41) is 17.3. The second-order valence-corrected chi connectivity index (χ2v) is 9.04. The van der Waals surface area contributed by atoms with Gasteiger partial charge in [-0.15, -0.1) is 10.2 Å². The third kappa shape index (κ3) is 10.7. The van der Waals surface area contributed by atoms with Crippen LogP contribution in [0.25, 0.3) is 0 Å². The molecule has 0 aromatic carbocycles. The molecule has 1 radical (unpaired) electrons. The fourth-order valence-electron chi connectivity index (χ4n) is 2.84. The molecule has 0 saturated heterocycles. The van der Waals surface area contributed by atoms with Crippen LogP contribution in [0.1, 0.15) is 22.8 Å². The Morgan fingerprint density at radius 2 is 0.756 bits per heavy atom. The predicted molar refractivity (Wildman–Crippen MR) is 165 cm³/mol. The van der Waals surface area contributed by atoms with E-state index in [1.54, 1.807) is 34.6 Å². The van der Waals surface area contributed by atoms with Crippen molar-refractivity contribution >= 4 is 47.0 Å².